The van der Waals surface area contributed by atoms with E-state index in [0.29, 0.717) is 40.7 Å². The maximum Gasteiger partial charge on any atom is 0.174 e. The zero-order chi connectivity index (χ0) is 41.2. The van der Waals surface area contributed by atoms with Gasteiger partial charge in [-0.2, -0.15) is 0 Å². The first-order valence-electron chi connectivity index (χ1n) is 19.3. The molecule has 59 heavy (non-hydrogen) atoms. The normalized spacial score (nSPS) is 13.5. The Morgan fingerprint density at radius 3 is 1.39 bits per heavy atom. The molecule has 9 heteroatoms. The molecule has 1 heterocycles. The molecule has 0 saturated carbocycles. The number of phenolic OH excluding ortho intramolecular Hbond substituents is 7. The highest BCUT2D eigenvalue weighted by molar-refractivity contribution is 6.04. The minimum absolute atomic E-state index is 0.00999. The predicted molar refractivity (Wildman–Crippen MR) is 223 cm³/mol. The van der Waals surface area contributed by atoms with Gasteiger partial charge in [-0.25, -0.2) is 0 Å². The summed E-state index contributed by atoms with van der Waals surface area (Å²) in [6, 6.07) is 38.6. The number of hydrogen-bond acceptors (Lipinski definition) is 9. The first kappa shape index (κ1) is 38.5. The van der Waals surface area contributed by atoms with Crippen LogP contribution in [0.2, 0.25) is 0 Å². The maximum atomic E-state index is 13.8. The highest BCUT2D eigenvalue weighted by Crippen LogP contribution is 2.50. The van der Waals surface area contributed by atoms with Gasteiger partial charge in [0, 0.05) is 43.2 Å². The number of phenols is 7. The van der Waals surface area contributed by atoms with Gasteiger partial charge in [-0.1, -0.05) is 103 Å². The minimum atomic E-state index is -0.662. The quantitative estimate of drug-likeness (QED) is 0.0676. The standard InChI is InChI=1S/C50H42O9/c51-40-12-6-4-10-33(40)20-29-14-17-42(53)35(21-29)22-30-15-18-43(54)36(23-30)24-31-16-19-44(55)37(25-31)27-38-48(57)39(26-34-11-5-7-13-41(34)52)50-47(49(38)58)45(56)28-46(59-50)32-8-2-1-3-9-32/h1-19,21,23,25,46,51-55,57-58H,20,22,24,26-28H2. The van der Waals surface area contributed by atoms with Gasteiger partial charge < -0.3 is 40.5 Å². The van der Waals surface area contributed by atoms with Gasteiger partial charge in [0.1, 0.15) is 57.7 Å². The fraction of sp³-hybridized carbons (Fsp3) is 0.140. The molecule has 1 unspecified atom stereocenters. The third-order valence-electron chi connectivity index (χ3n) is 11.0. The van der Waals surface area contributed by atoms with Crippen molar-refractivity contribution < 1.29 is 45.3 Å². The summed E-state index contributed by atoms with van der Waals surface area (Å²) in [4.78, 5) is 13.8. The molecule has 9 nitrogen and oxygen atoms in total. The summed E-state index contributed by atoms with van der Waals surface area (Å²) in [6.45, 7) is 0. The van der Waals surface area contributed by atoms with Crippen LogP contribution in [0.1, 0.15) is 84.1 Å². The van der Waals surface area contributed by atoms with Crippen LogP contribution in [0.25, 0.3) is 0 Å². The summed E-state index contributed by atoms with van der Waals surface area (Å²) in [6.07, 6.45) is 0.257. The van der Waals surface area contributed by atoms with E-state index in [-0.39, 0.29) is 88.4 Å². The van der Waals surface area contributed by atoms with Gasteiger partial charge in [0.15, 0.2) is 5.78 Å². The molecule has 0 aromatic heterocycles. The number of carbonyl (C=O) groups excluding carboxylic acids is 1. The summed E-state index contributed by atoms with van der Waals surface area (Å²) < 4.78 is 6.39. The Morgan fingerprint density at radius 2 is 0.864 bits per heavy atom. The Morgan fingerprint density at radius 1 is 0.441 bits per heavy atom. The fourth-order valence-corrected chi connectivity index (χ4v) is 7.87. The van der Waals surface area contributed by atoms with Crippen LogP contribution in [-0.2, 0) is 32.1 Å². The van der Waals surface area contributed by atoms with E-state index in [1.807, 2.05) is 60.7 Å². The van der Waals surface area contributed by atoms with Crippen molar-refractivity contribution in [2.75, 3.05) is 0 Å². The molecule has 296 valence electrons. The summed E-state index contributed by atoms with van der Waals surface area (Å²) in [7, 11) is 0. The van der Waals surface area contributed by atoms with Crippen molar-refractivity contribution in [3.63, 3.8) is 0 Å². The summed E-state index contributed by atoms with van der Waals surface area (Å²) in [5.41, 5.74) is 6.30. The first-order valence-corrected chi connectivity index (χ1v) is 19.3. The SMILES string of the molecule is O=C1CC(c2ccccc2)Oc2c(Cc3ccccc3O)c(O)c(Cc3cc(Cc4cc(Cc5cc(Cc6ccccc6O)ccc5O)ccc4O)ccc3O)c(O)c21. The number of ketones is 1. The predicted octanol–water partition coefficient (Wildman–Crippen LogP) is 9.29. The second kappa shape index (κ2) is 16.2. The van der Waals surface area contributed by atoms with Crippen LogP contribution < -0.4 is 4.74 Å². The van der Waals surface area contributed by atoms with E-state index in [2.05, 4.69) is 0 Å². The van der Waals surface area contributed by atoms with Crippen molar-refractivity contribution in [3.8, 4) is 46.0 Å². The van der Waals surface area contributed by atoms with Gasteiger partial charge in [-0.15, -0.1) is 0 Å². The first-order chi connectivity index (χ1) is 28.5. The number of aromatic hydroxyl groups is 7. The lowest BCUT2D eigenvalue weighted by Crippen LogP contribution is -2.22. The zero-order valence-corrected chi connectivity index (χ0v) is 32.0. The van der Waals surface area contributed by atoms with E-state index in [1.165, 1.54) is 12.1 Å². The third kappa shape index (κ3) is 8.09. The molecule has 0 spiro atoms. The summed E-state index contributed by atoms with van der Waals surface area (Å²) >= 11 is 0. The molecule has 0 saturated heterocycles. The molecular formula is C50H42O9. The number of hydrogen-bond donors (Lipinski definition) is 7. The van der Waals surface area contributed by atoms with Gasteiger partial charge >= 0.3 is 0 Å². The van der Waals surface area contributed by atoms with E-state index in [1.54, 1.807) is 60.7 Å². The lowest BCUT2D eigenvalue weighted by Gasteiger charge is -2.30. The van der Waals surface area contributed by atoms with Gasteiger partial charge in [0.25, 0.3) is 0 Å². The summed E-state index contributed by atoms with van der Waals surface area (Å²) in [5.74, 6) is -0.817. The molecule has 7 N–H and O–H groups in total. The Bertz CT molecular complexity index is 2700. The van der Waals surface area contributed by atoms with E-state index in [4.69, 9.17) is 4.74 Å². The van der Waals surface area contributed by atoms with E-state index < -0.39 is 11.9 Å². The molecular weight excluding hydrogens is 745 g/mol. The number of para-hydroxylation sites is 2. The molecule has 0 aliphatic carbocycles. The molecule has 0 radical (unpaired) electrons. The van der Waals surface area contributed by atoms with Crippen molar-refractivity contribution >= 4 is 5.78 Å². The molecule has 0 fully saturated rings. The highest BCUT2D eigenvalue weighted by atomic mass is 16.5. The lowest BCUT2D eigenvalue weighted by atomic mass is 9.87. The molecule has 0 bridgehead atoms. The van der Waals surface area contributed by atoms with E-state index in [9.17, 15) is 40.5 Å². The third-order valence-corrected chi connectivity index (χ3v) is 11.0. The molecule has 1 atom stereocenters. The maximum absolute atomic E-state index is 13.8. The fourth-order valence-electron chi connectivity index (χ4n) is 7.87. The second-order valence-corrected chi connectivity index (χ2v) is 15.0. The average Bonchev–Trinajstić information content (AvgIpc) is 3.23. The average molecular weight is 787 g/mol. The topological polar surface area (TPSA) is 168 Å². The van der Waals surface area contributed by atoms with Crippen LogP contribution in [0.4, 0.5) is 0 Å². The van der Waals surface area contributed by atoms with Crippen LogP contribution in [0.15, 0.2) is 133 Å². The second-order valence-electron chi connectivity index (χ2n) is 15.0. The van der Waals surface area contributed by atoms with E-state index in [0.717, 1.165) is 22.3 Å². The highest BCUT2D eigenvalue weighted by Gasteiger charge is 2.36. The van der Waals surface area contributed by atoms with Gasteiger partial charge in [-0.3, -0.25) is 4.79 Å². The number of ether oxygens (including phenoxy) is 1. The number of fused-ring (bicyclic) bond motifs is 1. The Kier molecular flexibility index (Phi) is 10.6. The van der Waals surface area contributed by atoms with Crippen LogP contribution in [0.3, 0.4) is 0 Å². The van der Waals surface area contributed by atoms with Crippen LogP contribution in [0.5, 0.6) is 46.0 Å². The van der Waals surface area contributed by atoms with Crippen molar-refractivity contribution in [2.45, 2.75) is 44.6 Å². The van der Waals surface area contributed by atoms with Crippen LogP contribution in [0, 0.1) is 0 Å². The van der Waals surface area contributed by atoms with Crippen molar-refractivity contribution in [2.24, 2.45) is 0 Å². The van der Waals surface area contributed by atoms with E-state index >= 15 is 0 Å². The smallest absolute Gasteiger partial charge is 0.174 e. The van der Waals surface area contributed by atoms with Crippen molar-refractivity contribution in [1.29, 1.82) is 0 Å². The number of Topliss-reactive ketones (excluding diaryl/α,β-unsaturated/α-hetero) is 1. The van der Waals surface area contributed by atoms with Gasteiger partial charge in [-0.05, 0) is 80.4 Å². The molecule has 8 rings (SSSR count). The van der Waals surface area contributed by atoms with Gasteiger partial charge in [0.2, 0.25) is 0 Å². The number of rotatable bonds is 11. The molecule has 0 amide bonds. The van der Waals surface area contributed by atoms with Crippen LogP contribution >= 0.6 is 0 Å². The largest absolute Gasteiger partial charge is 0.508 e. The zero-order valence-electron chi connectivity index (χ0n) is 32.0. The molecule has 7 aromatic carbocycles. The van der Waals surface area contributed by atoms with Crippen LogP contribution in [-0.4, -0.2) is 41.5 Å². The van der Waals surface area contributed by atoms with Crippen molar-refractivity contribution in [3.05, 3.63) is 200 Å². The molecule has 1 aliphatic heterocycles. The lowest BCUT2D eigenvalue weighted by molar-refractivity contribution is 0.0842. The Labute approximate surface area is 341 Å². The van der Waals surface area contributed by atoms with Crippen molar-refractivity contribution in [1.82, 2.24) is 0 Å². The monoisotopic (exact) mass is 786 g/mol. The number of benzene rings is 7. The van der Waals surface area contributed by atoms with Gasteiger partial charge in [0.05, 0.1) is 6.42 Å². The Hall–Kier alpha value is -7.39. The minimum Gasteiger partial charge on any atom is -0.508 e. The summed E-state index contributed by atoms with van der Waals surface area (Å²) in [5, 5.41) is 77.3. The number of carbonyl (C=O) groups is 1. The molecule has 1 aliphatic rings. The Balaban J connectivity index is 1.09. The molecule has 7 aromatic rings.